The number of carbonyl (C=O) groups excluding carboxylic acids is 1. The first-order valence-corrected chi connectivity index (χ1v) is 8.23. The van der Waals surface area contributed by atoms with Crippen LogP contribution in [0, 0.1) is 0 Å². The van der Waals surface area contributed by atoms with Crippen molar-refractivity contribution in [3.8, 4) is 5.75 Å². The maximum absolute atomic E-state index is 12.6. The number of aromatic hydroxyl groups is 1. The highest BCUT2D eigenvalue weighted by Crippen LogP contribution is 2.31. The zero-order valence-corrected chi connectivity index (χ0v) is 15.2. The van der Waals surface area contributed by atoms with Crippen molar-refractivity contribution in [3.05, 3.63) is 44.5 Å². The molecule has 0 atom stereocenters. The van der Waals surface area contributed by atoms with E-state index in [0.717, 1.165) is 4.68 Å². The molecule has 1 heterocycles. The van der Waals surface area contributed by atoms with Crippen LogP contribution in [-0.2, 0) is 6.54 Å². The van der Waals surface area contributed by atoms with Crippen LogP contribution in [0.25, 0.3) is 0 Å². The topological polar surface area (TPSA) is 119 Å². The number of H-pyrrole nitrogens is 1. The molecule has 1 amide bonds. The van der Waals surface area contributed by atoms with Crippen LogP contribution in [0.2, 0.25) is 0 Å². The number of anilines is 3. The van der Waals surface area contributed by atoms with Crippen LogP contribution in [0.4, 0.5) is 17.1 Å². The van der Waals surface area contributed by atoms with E-state index in [4.69, 9.17) is 0 Å². The number of phenolic OH excluding ortho intramolecular Hbond substituents is 1. The molecule has 2 rings (SSSR count). The molecule has 0 spiro atoms. The molecule has 0 saturated heterocycles. The van der Waals surface area contributed by atoms with Crippen molar-refractivity contribution < 1.29 is 9.90 Å². The van der Waals surface area contributed by atoms with Gasteiger partial charge in [-0.15, -0.1) is 0 Å². The van der Waals surface area contributed by atoms with Crippen LogP contribution in [0.15, 0.2) is 27.8 Å². The summed E-state index contributed by atoms with van der Waals surface area (Å²) in [6, 6.07) is 4.59. The van der Waals surface area contributed by atoms with E-state index in [-0.39, 0.29) is 40.8 Å². The predicted octanol–water partition coefficient (Wildman–Crippen LogP) is 1.14. The number of benzene rings is 1. The van der Waals surface area contributed by atoms with E-state index in [2.05, 4.69) is 15.7 Å². The number of aromatic amines is 1. The maximum atomic E-state index is 12.6. The summed E-state index contributed by atoms with van der Waals surface area (Å²) in [5.41, 5.74) is -0.594. The second-order valence-corrected chi connectivity index (χ2v) is 5.80. The van der Waals surface area contributed by atoms with Gasteiger partial charge in [0.05, 0.1) is 11.3 Å². The fourth-order valence-corrected chi connectivity index (χ4v) is 2.46. The van der Waals surface area contributed by atoms with Crippen molar-refractivity contribution in [2.75, 3.05) is 31.3 Å². The Bertz CT molecular complexity index is 930. The van der Waals surface area contributed by atoms with E-state index in [1.807, 2.05) is 0 Å². The third kappa shape index (κ3) is 3.56. The summed E-state index contributed by atoms with van der Waals surface area (Å²) in [5.74, 6) is -0.675. The lowest BCUT2D eigenvalue weighted by molar-refractivity contribution is 0.0824. The van der Waals surface area contributed by atoms with Crippen LogP contribution in [0.5, 0.6) is 5.75 Å². The molecule has 1 aromatic carbocycles. The second kappa shape index (κ2) is 7.77. The molecule has 0 fully saturated rings. The fourth-order valence-electron chi connectivity index (χ4n) is 2.46. The van der Waals surface area contributed by atoms with Crippen molar-refractivity contribution in [2.24, 2.45) is 0 Å². The Kier molecular flexibility index (Phi) is 5.71. The Morgan fingerprint density at radius 2 is 1.92 bits per heavy atom. The van der Waals surface area contributed by atoms with E-state index >= 15 is 0 Å². The van der Waals surface area contributed by atoms with E-state index in [1.54, 1.807) is 34.0 Å². The Morgan fingerprint density at radius 1 is 1.23 bits per heavy atom. The van der Waals surface area contributed by atoms with Gasteiger partial charge < -0.3 is 20.6 Å². The molecule has 0 saturated carbocycles. The van der Waals surface area contributed by atoms with Gasteiger partial charge in [-0.1, -0.05) is 6.07 Å². The number of amides is 1. The number of rotatable bonds is 6. The summed E-state index contributed by atoms with van der Waals surface area (Å²) in [4.78, 5) is 38.4. The molecule has 140 valence electrons. The molecule has 0 aliphatic heterocycles. The van der Waals surface area contributed by atoms with Gasteiger partial charge in [-0.3, -0.25) is 19.5 Å². The molecular weight excluding hydrogens is 338 g/mol. The number of para-hydroxylation sites is 1. The number of nitrogens with one attached hydrogen (secondary N) is 3. The fraction of sp³-hybridized carbons (Fsp3) is 0.353. The minimum Gasteiger partial charge on any atom is -0.505 e. The van der Waals surface area contributed by atoms with Crippen LogP contribution in [0.3, 0.4) is 0 Å². The molecule has 0 aliphatic rings. The predicted molar refractivity (Wildman–Crippen MR) is 101 cm³/mol. The highest BCUT2D eigenvalue weighted by molar-refractivity contribution is 5.98. The first kappa shape index (κ1) is 19.1. The van der Waals surface area contributed by atoms with Gasteiger partial charge in [0.2, 0.25) is 0 Å². The number of hydrogen-bond donors (Lipinski definition) is 4. The molecule has 2 aromatic rings. The van der Waals surface area contributed by atoms with Gasteiger partial charge in [-0.2, -0.15) is 0 Å². The molecule has 0 unspecified atom stereocenters. The normalized spacial score (nSPS) is 10.5. The van der Waals surface area contributed by atoms with Gasteiger partial charge >= 0.3 is 0 Å². The molecule has 9 heteroatoms. The Morgan fingerprint density at radius 3 is 2.50 bits per heavy atom. The summed E-state index contributed by atoms with van der Waals surface area (Å²) < 4.78 is 1.16. The van der Waals surface area contributed by atoms with E-state index < -0.39 is 11.1 Å². The number of phenols is 1. The van der Waals surface area contributed by atoms with Crippen LogP contribution in [-0.4, -0.2) is 46.3 Å². The molecule has 0 radical (unpaired) electrons. The largest absolute Gasteiger partial charge is 0.505 e. The molecule has 26 heavy (non-hydrogen) atoms. The van der Waals surface area contributed by atoms with Gasteiger partial charge in [-0.25, -0.2) is 4.68 Å². The summed E-state index contributed by atoms with van der Waals surface area (Å²) in [5, 5.41) is 18.6. The molecular formula is C17H23N5O4. The number of aryl methyl sites for hydroxylation is 1. The maximum Gasteiger partial charge on any atom is 0.291 e. The number of nitrogens with zero attached hydrogens (tertiary/aromatic N) is 2. The Labute approximate surface area is 150 Å². The van der Waals surface area contributed by atoms with Crippen molar-refractivity contribution in [1.82, 2.24) is 14.7 Å². The third-order valence-corrected chi connectivity index (χ3v) is 3.77. The Balaban J connectivity index is 2.60. The molecule has 1 aromatic heterocycles. The lowest BCUT2D eigenvalue weighted by Gasteiger charge is -2.17. The van der Waals surface area contributed by atoms with Crippen molar-refractivity contribution in [3.63, 3.8) is 0 Å². The van der Waals surface area contributed by atoms with Gasteiger partial charge in [0.1, 0.15) is 11.4 Å². The van der Waals surface area contributed by atoms with Gasteiger partial charge in [0, 0.05) is 27.2 Å². The second-order valence-electron chi connectivity index (χ2n) is 5.80. The van der Waals surface area contributed by atoms with Crippen LogP contribution < -0.4 is 21.8 Å². The van der Waals surface area contributed by atoms with Gasteiger partial charge in [0.15, 0.2) is 5.75 Å². The van der Waals surface area contributed by atoms with Crippen molar-refractivity contribution in [2.45, 2.75) is 20.4 Å². The SMILES string of the molecule is CCNc1c(Nc2cccc(C(=O)N(C)C)c2O)c(=O)n(CC)[nH]c1=O. The van der Waals surface area contributed by atoms with Crippen LogP contribution in [0.1, 0.15) is 24.2 Å². The zero-order chi connectivity index (χ0) is 19.4. The summed E-state index contributed by atoms with van der Waals surface area (Å²) in [6.45, 7) is 4.23. The lowest BCUT2D eigenvalue weighted by atomic mass is 10.1. The minimum atomic E-state index is -0.462. The molecule has 0 aliphatic carbocycles. The summed E-state index contributed by atoms with van der Waals surface area (Å²) >= 11 is 0. The van der Waals surface area contributed by atoms with Gasteiger partial charge in [-0.05, 0) is 26.0 Å². The molecule has 9 nitrogen and oxygen atoms in total. The average molecular weight is 361 g/mol. The number of hydrogen-bond acceptors (Lipinski definition) is 6. The van der Waals surface area contributed by atoms with Crippen LogP contribution >= 0.6 is 0 Å². The first-order valence-electron chi connectivity index (χ1n) is 8.23. The highest BCUT2D eigenvalue weighted by atomic mass is 16.3. The van der Waals surface area contributed by atoms with E-state index in [9.17, 15) is 19.5 Å². The molecule has 0 bridgehead atoms. The average Bonchev–Trinajstić information content (AvgIpc) is 2.61. The third-order valence-electron chi connectivity index (χ3n) is 3.77. The van der Waals surface area contributed by atoms with Crippen molar-refractivity contribution >= 4 is 23.0 Å². The summed E-state index contributed by atoms with van der Waals surface area (Å²) in [6.07, 6.45) is 0. The van der Waals surface area contributed by atoms with Gasteiger partial charge in [0.25, 0.3) is 17.0 Å². The monoisotopic (exact) mass is 361 g/mol. The highest BCUT2D eigenvalue weighted by Gasteiger charge is 2.19. The number of aromatic nitrogens is 2. The Hall–Kier alpha value is -3.23. The van der Waals surface area contributed by atoms with Crippen molar-refractivity contribution in [1.29, 1.82) is 0 Å². The smallest absolute Gasteiger partial charge is 0.291 e. The minimum absolute atomic E-state index is 0.00204. The zero-order valence-electron chi connectivity index (χ0n) is 15.2. The van der Waals surface area contributed by atoms with E-state index in [1.165, 1.54) is 17.0 Å². The lowest BCUT2D eigenvalue weighted by Crippen LogP contribution is -2.33. The summed E-state index contributed by atoms with van der Waals surface area (Å²) in [7, 11) is 3.14. The number of carbonyl (C=O) groups is 1. The quantitative estimate of drug-likeness (QED) is 0.573. The first-order chi connectivity index (χ1) is 12.3. The van der Waals surface area contributed by atoms with E-state index in [0.29, 0.717) is 6.54 Å². The standard InChI is InChI=1S/C17H23N5O4/c1-5-18-12-13(17(26)22(6-2)20-15(12)24)19-11-9-7-8-10(14(11)23)16(25)21(3)4/h7-9,18-19,23H,5-6H2,1-4H3,(H,20,24). The molecule has 4 N–H and O–H groups in total.